The number of benzene rings is 1. The largest absolute Gasteiger partial charge is 0.337 e. The number of nitrogens with zero attached hydrogens (tertiary/aromatic N) is 2. The minimum absolute atomic E-state index is 0.0370. The highest BCUT2D eigenvalue weighted by Crippen LogP contribution is 2.34. The summed E-state index contributed by atoms with van der Waals surface area (Å²) in [5.74, 6) is 0.795. The number of amides is 3. The summed E-state index contributed by atoms with van der Waals surface area (Å²) in [7, 11) is 0. The fourth-order valence-electron chi connectivity index (χ4n) is 4.63. The zero-order valence-corrected chi connectivity index (χ0v) is 18.1. The highest BCUT2D eigenvalue weighted by atomic mass is 16.2. The molecule has 3 amide bonds. The molecule has 164 valence electrons. The first-order chi connectivity index (χ1) is 14.9. The number of aromatic nitrogens is 1. The van der Waals surface area contributed by atoms with Gasteiger partial charge in [0.2, 0.25) is 5.91 Å². The quantitative estimate of drug-likeness (QED) is 0.777. The first-order valence-corrected chi connectivity index (χ1v) is 11.0. The molecule has 31 heavy (non-hydrogen) atoms. The van der Waals surface area contributed by atoms with Crippen LogP contribution >= 0.6 is 0 Å². The molecule has 2 unspecified atom stereocenters. The van der Waals surface area contributed by atoms with Crippen molar-refractivity contribution in [2.45, 2.75) is 45.1 Å². The number of pyridine rings is 1. The Balaban J connectivity index is 1.26. The second-order valence-corrected chi connectivity index (χ2v) is 8.91. The molecule has 2 bridgehead atoms. The van der Waals surface area contributed by atoms with Crippen LogP contribution < -0.4 is 16.2 Å². The van der Waals surface area contributed by atoms with Gasteiger partial charge in [-0.3, -0.25) is 9.59 Å². The Morgan fingerprint density at radius 2 is 1.84 bits per heavy atom. The standard InChI is InChI=1S/C24H30N4O3/c1-16(2)18-6-8-20(9-7-18)26-22(29)10-11-25-24(31)27-13-17-12-19(15-27)21-4-3-5-23(30)28(21)14-17/h3-9,16-17,19H,10-15H2,1-2H3,(H,25,31)(H,26,29). The van der Waals surface area contributed by atoms with Gasteiger partial charge in [0.1, 0.15) is 0 Å². The number of likely N-dealkylation sites (tertiary alicyclic amines) is 1. The van der Waals surface area contributed by atoms with Gasteiger partial charge in [-0.25, -0.2) is 4.79 Å². The van der Waals surface area contributed by atoms with Crippen LogP contribution in [0.25, 0.3) is 0 Å². The Hall–Kier alpha value is -3.09. The summed E-state index contributed by atoms with van der Waals surface area (Å²) in [6.45, 7) is 6.44. The second kappa shape index (κ2) is 8.96. The van der Waals surface area contributed by atoms with Crippen molar-refractivity contribution in [2.75, 3.05) is 25.0 Å². The maximum Gasteiger partial charge on any atom is 0.317 e. The Morgan fingerprint density at radius 3 is 2.58 bits per heavy atom. The Morgan fingerprint density at radius 1 is 1.06 bits per heavy atom. The lowest BCUT2D eigenvalue weighted by Gasteiger charge is -2.42. The summed E-state index contributed by atoms with van der Waals surface area (Å²) in [4.78, 5) is 38.8. The maximum atomic E-state index is 12.7. The topological polar surface area (TPSA) is 83.4 Å². The van der Waals surface area contributed by atoms with Crippen molar-refractivity contribution < 1.29 is 9.59 Å². The molecular formula is C24H30N4O3. The van der Waals surface area contributed by atoms with Crippen molar-refractivity contribution in [3.63, 3.8) is 0 Å². The molecule has 7 heteroatoms. The van der Waals surface area contributed by atoms with Gasteiger partial charge < -0.3 is 20.1 Å². The number of anilines is 1. The number of rotatable bonds is 5. The van der Waals surface area contributed by atoms with E-state index in [0.29, 0.717) is 25.6 Å². The normalized spacial score (nSPS) is 19.6. The fourth-order valence-corrected chi connectivity index (χ4v) is 4.63. The van der Waals surface area contributed by atoms with E-state index >= 15 is 0 Å². The summed E-state index contributed by atoms with van der Waals surface area (Å²) in [5, 5.41) is 5.75. The molecule has 2 N–H and O–H groups in total. The fraction of sp³-hybridized carbons (Fsp3) is 0.458. The van der Waals surface area contributed by atoms with Gasteiger partial charge in [-0.1, -0.05) is 32.0 Å². The zero-order valence-electron chi connectivity index (χ0n) is 18.1. The third kappa shape index (κ3) is 4.81. The van der Waals surface area contributed by atoms with Gasteiger partial charge in [0.15, 0.2) is 0 Å². The first-order valence-electron chi connectivity index (χ1n) is 11.0. The van der Waals surface area contributed by atoms with Gasteiger partial charge in [-0.15, -0.1) is 0 Å². The van der Waals surface area contributed by atoms with Crippen LogP contribution in [-0.2, 0) is 11.3 Å². The van der Waals surface area contributed by atoms with Crippen LogP contribution in [-0.4, -0.2) is 41.0 Å². The van der Waals surface area contributed by atoms with E-state index in [2.05, 4.69) is 24.5 Å². The van der Waals surface area contributed by atoms with Gasteiger partial charge in [0, 0.05) is 56.0 Å². The maximum absolute atomic E-state index is 12.7. The molecule has 0 spiro atoms. The van der Waals surface area contributed by atoms with Gasteiger partial charge in [-0.05, 0) is 42.0 Å². The molecule has 4 rings (SSSR count). The molecule has 1 fully saturated rings. The Bertz CT molecular complexity index is 1010. The highest BCUT2D eigenvalue weighted by molar-refractivity contribution is 5.91. The third-order valence-electron chi connectivity index (χ3n) is 6.26. The SMILES string of the molecule is CC(C)c1ccc(NC(=O)CCNC(=O)N2CC3CC(C2)c2cccc(=O)n2C3)cc1. The lowest BCUT2D eigenvalue weighted by Crippen LogP contribution is -2.52. The minimum Gasteiger partial charge on any atom is -0.337 e. The van der Waals surface area contributed by atoms with Gasteiger partial charge in [0.05, 0.1) is 0 Å². The van der Waals surface area contributed by atoms with Gasteiger partial charge in [-0.2, -0.15) is 0 Å². The average Bonchev–Trinajstić information content (AvgIpc) is 2.74. The number of fused-ring (bicyclic) bond motifs is 4. The number of urea groups is 1. The smallest absolute Gasteiger partial charge is 0.317 e. The van der Waals surface area contributed by atoms with Crippen LogP contribution in [0.1, 0.15) is 49.8 Å². The van der Waals surface area contributed by atoms with Crippen molar-refractivity contribution in [3.05, 3.63) is 64.1 Å². The number of piperidine rings is 1. The number of carbonyl (C=O) groups excluding carboxylic acids is 2. The van der Waals surface area contributed by atoms with Gasteiger partial charge >= 0.3 is 6.03 Å². The number of carbonyl (C=O) groups is 2. The van der Waals surface area contributed by atoms with Crippen molar-refractivity contribution in [1.82, 2.24) is 14.8 Å². The van der Waals surface area contributed by atoms with Crippen LogP contribution in [0.15, 0.2) is 47.3 Å². The van der Waals surface area contributed by atoms with Crippen LogP contribution in [0.3, 0.4) is 0 Å². The monoisotopic (exact) mass is 422 g/mol. The molecule has 3 heterocycles. The number of nitrogens with one attached hydrogen (secondary N) is 2. The predicted molar refractivity (Wildman–Crippen MR) is 120 cm³/mol. The van der Waals surface area contributed by atoms with E-state index in [1.165, 1.54) is 5.56 Å². The second-order valence-electron chi connectivity index (χ2n) is 8.91. The van der Waals surface area contributed by atoms with E-state index in [4.69, 9.17) is 0 Å². The average molecular weight is 423 g/mol. The van der Waals surface area contributed by atoms with Crippen molar-refractivity contribution >= 4 is 17.6 Å². The van der Waals surface area contributed by atoms with E-state index < -0.39 is 0 Å². The van der Waals surface area contributed by atoms with Gasteiger partial charge in [0.25, 0.3) is 5.56 Å². The third-order valence-corrected chi connectivity index (χ3v) is 6.26. The van der Waals surface area contributed by atoms with Crippen molar-refractivity contribution in [2.24, 2.45) is 5.92 Å². The zero-order chi connectivity index (χ0) is 22.0. The molecule has 2 aliphatic rings. The van der Waals surface area contributed by atoms with E-state index in [9.17, 15) is 14.4 Å². The lowest BCUT2D eigenvalue weighted by molar-refractivity contribution is -0.116. The van der Waals surface area contributed by atoms with Crippen LogP contribution in [0.4, 0.5) is 10.5 Å². The first kappa shape index (κ1) is 21.2. The predicted octanol–water partition coefficient (Wildman–Crippen LogP) is 3.13. The summed E-state index contributed by atoms with van der Waals surface area (Å²) >= 11 is 0. The van der Waals surface area contributed by atoms with E-state index in [1.54, 1.807) is 12.1 Å². The van der Waals surface area contributed by atoms with Crippen molar-refractivity contribution in [3.8, 4) is 0 Å². The molecule has 0 radical (unpaired) electrons. The molecule has 2 aliphatic heterocycles. The minimum atomic E-state index is -0.143. The number of hydrogen-bond donors (Lipinski definition) is 2. The van der Waals surface area contributed by atoms with Crippen LogP contribution in [0, 0.1) is 5.92 Å². The molecule has 0 aliphatic carbocycles. The molecule has 1 aromatic heterocycles. The number of hydrogen-bond acceptors (Lipinski definition) is 3. The Kier molecular flexibility index (Phi) is 6.11. The summed E-state index contributed by atoms with van der Waals surface area (Å²) in [6, 6.07) is 13.1. The molecule has 2 atom stereocenters. The molecule has 0 saturated carbocycles. The van der Waals surface area contributed by atoms with E-state index in [-0.39, 0.29) is 42.3 Å². The highest BCUT2D eigenvalue weighted by Gasteiger charge is 2.36. The molecule has 1 saturated heterocycles. The Labute approximate surface area is 182 Å². The summed E-state index contributed by atoms with van der Waals surface area (Å²) < 4.78 is 1.85. The molecule has 1 aromatic carbocycles. The van der Waals surface area contributed by atoms with Crippen molar-refractivity contribution in [1.29, 1.82) is 0 Å². The summed E-state index contributed by atoms with van der Waals surface area (Å²) in [5.41, 5.74) is 3.04. The van der Waals surface area contributed by atoms with E-state index in [1.807, 2.05) is 39.8 Å². The molecule has 7 nitrogen and oxygen atoms in total. The van der Waals surface area contributed by atoms with Crippen LogP contribution in [0.2, 0.25) is 0 Å². The van der Waals surface area contributed by atoms with E-state index in [0.717, 1.165) is 17.8 Å². The summed E-state index contributed by atoms with van der Waals surface area (Å²) in [6.07, 6.45) is 1.22. The molecular weight excluding hydrogens is 392 g/mol. The lowest BCUT2D eigenvalue weighted by atomic mass is 9.83. The van der Waals surface area contributed by atoms with Crippen LogP contribution in [0.5, 0.6) is 0 Å². The molecule has 2 aromatic rings.